The summed E-state index contributed by atoms with van der Waals surface area (Å²) >= 11 is 3.57. The molecule has 0 saturated heterocycles. The van der Waals surface area contributed by atoms with Crippen LogP contribution in [0.1, 0.15) is 49.8 Å². The van der Waals surface area contributed by atoms with E-state index in [9.17, 15) is 4.79 Å². The van der Waals surface area contributed by atoms with Crippen molar-refractivity contribution in [3.8, 4) is 0 Å². The van der Waals surface area contributed by atoms with Crippen LogP contribution in [0.3, 0.4) is 0 Å². The van der Waals surface area contributed by atoms with Gasteiger partial charge in [0.15, 0.2) is 0 Å². The van der Waals surface area contributed by atoms with Crippen molar-refractivity contribution >= 4 is 21.9 Å². The molecule has 0 aliphatic heterocycles. The Hall–Kier alpha value is -0.870. The Morgan fingerprint density at radius 2 is 2.15 bits per heavy atom. The Bertz CT molecular complexity index is 470. The molecule has 110 valence electrons. The number of benzene rings is 1. The molecule has 1 aromatic rings. The normalized spacial score (nSPS) is 17.1. The van der Waals surface area contributed by atoms with Crippen molar-refractivity contribution in [1.29, 1.82) is 0 Å². The number of carbonyl (C=O) groups is 1. The highest BCUT2D eigenvalue weighted by Gasteiger charge is 2.28. The predicted octanol–water partition coefficient (Wildman–Crippen LogP) is 3.89. The molecular weight excluding hydrogens is 318 g/mol. The maximum atomic E-state index is 12.3. The van der Waals surface area contributed by atoms with Gasteiger partial charge in [-0.15, -0.1) is 0 Å². The van der Waals surface area contributed by atoms with Gasteiger partial charge in [0.25, 0.3) is 0 Å². The molecule has 0 heterocycles. The molecule has 20 heavy (non-hydrogen) atoms. The molecule has 1 saturated carbocycles. The smallest absolute Gasteiger partial charge is 0.327 e. The van der Waals surface area contributed by atoms with Gasteiger partial charge in [-0.3, -0.25) is 5.32 Å². The van der Waals surface area contributed by atoms with Gasteiger partial charge in [0.05, 0.1) is 6.61 Å². The highest BCUT2D eigenvalue weighted by Crippen LogP contribution is 2.28. The molecule has 0 amide bonds. The quantitative estimate of drug-likeness (QED) is 0.827. The minimum absolute atomic E-state index is 0.191. The third kappa shape index (κ3) is 3.83. The molecular formula is C16H22BrNO2. The molecule has 1 fully saturated rings. The first kappa shape index (κ1) is 15.5. The highest BCUT2D eigenvalue weighted by atomic mass is 79.9. The zero-order valence-corrected chi connectivity index (χ0v) is 13.7. The van der Waals surface area contributed by atoms with Gasteiger partial charge < -0.3 is 4.74 Å². The maximum absolute atomic E-state index is 12.3. The first-order chi connectivity index (χ1) is 9.61. The average molecular weight is 340 g/mol. The standard InChI is InChI=1S/C16H22BrNO2/c1-3-20-16(19)15(18-12-6-4-5-7-12)13-9-8-11(2)10-14(13)17/h8-10,12,15,18H,3-7H2,1-2H3. The van der Waals surface area contributed by atoms with Crippen molar-refractivity contribution in [1.82, 2.24) is 5.32 Å². The average Bonchev–Trinajstić information content (AvgIpc) is 2.90. The van der Waals surface area contributed by atoms with Crippen LogP contribution in [0.25, 0.3) is 0 Å². The molecule has 2 rings (SSSR count). The second-order valence-electron chi connectivity index (χ2n) is 5.36. The summed E-state index contributed by atoms with van der Waals surface area (Å²) in [6.45, 7) is 4.29. The lowest BCUT2D eigenvalue weighted by molar-refractivity contribution is -0.146. The third-order valence-corrected chi connectivity index (χ3v) is 4.43. The third-order valence-electron chi connectivity index (χ3n) is 3.75. The molecule has 4 heteroatoms. The molecule has 0 spiro atoms. The topological polar surface area (TPSA) is 38.3 Å². The van der Waals surface area contributed by atoms with E-state index in [1.54, 1.807) is 0 Å². The van der Waals surface area contributed by atoms with Gasteiger partial charge in [0, 0.05) is 10.5 Å². The number of halogens is 1. The molecule has 0 bridgehead atoms. The number of carbonyl (C=O) groups excluding carboxylic acids is 1. The van der Waals surface area contributed by atoms with Gasteiger partial charge in [-0.2, -0.15) is 0 Å². The van der Waals surface area contributed by atoms with E-state index in [4.69, 9.17) is 4.74 Å². The van der Waals surface area contributed by atoms with E-state index < -0.39 is 0 Å². The number of ether oxygens (including phenoxy) is 1. The molecule has 1 aliphatic rings. The van der Waals surface area contributed by atoms with E-state index in [1.807, 2.05) is 32.0 Å². The first-order valence-corrected chi connectivity index (χ1v) is 8.10. The SMILES string of the molecule is CCOC(=O)C(NC1CCCC1)c1ccc(C)cc1Br. The summed E-state index contributed by atoms with van der Waals surface area (Å²) in [5.74, 6) is -0.191. The number of hydrogen-bond donors (Lipinski definition) is 1. The second-order valence-corrected chi connectivity index (χ2v) is 6.21. The summed E-state index contributed by atoms with van der Waals surface area (Å²) in [7, 11) is 0. The molecule has 1 N–H and O–H groups in total. The van der Waals surface area contributed by atoms with Crippen LogP contribution in [-0.2, 0) is 9.53 Å². The largest absolute Gasteiger partial charge is 0.465 e. The Morgan fingerprint density at radius 1 is 1.45 bits per heavy atom. The van der Waals surface area contributed by atoms with Crippen molar-refractivity contribution in [3.05, 3.63) is 33.8 Å². The van der Waals surface area contributed by atoms with Gasteiger partial charge in [0.1, 0.15) is 6.04 Å². The van der Waals surface area contributed by atoms with E-state index >= 15 is 0 Å². The van der Waals surface area contributed by atoms with Crippen LogP contribution in [0.2, 0.25) is 0 Å². The lowest BCUT2D eigenvalue weighted by Crippen LogP contribution is -2.36. The van der Waals surface area contributed by atoms with Crippen molar-refractivity contribution in [2.75, 3.05) is 6.61 Å². The molecule has 1 atom stereocenters. The Balaban J connectivity index is 2.22. The zero-order chi connectivity index (χ0) is 14.5. The van der Waals surface area contributed by atoms with Gasteiger partial charge in [-0.1, -0.05) is 40.9 Å². The van der Waals surface area contributed by atoms with E-state index in [0.717, 1.165) is 22.9 Å². The maximum Gasteiger partial charge on any atom is 0.327 e. The minimum atomic E-state index is -0.381. The number of esters is 1. The van der Waals surface area contributed by atoms with Crippen LogP contribution in [0, 0.1) is 6.92 Å². The summed E-state index contributed by atoms with van der Waals surface area (Å²) in [6, 6.07) is 6.11. The summed E-state index contributed by atoms with van der Waals surface area (Å²) in [5.41, 5.74) is 2.13. The lowest BCUT2D eigenvalue weighted by atomic mass is 10.0. The van der Waals surface area contributed by atoms with Gasteiger partial charge in [-0.05, 0) is 43.9 Å². The predicted molar refractivity (Wildman–Crippen MR) is 83.6 cm³/mol. The number of aryl methyl sites for hydroxylation is 1. The molecule has 1 aromatic carbocycles. The molecule has 0 radical (unpaired) electrons. The highest BCUT2D eigenvalue weighted by molar-refractivity contribution is 9.10. The van der Waals surface area contributed by atoms with E-state index in [-0.39, 0.29) is 12.0 Å². The van der Waals surface area contributed by atoms with Gasteiger partial charge in [0.2, 0.25) is 0 Å². The summed E-state index contributed by atoms with van der Waals surface area (Å²) in [5, 5.41) is 3.47. The summed E-state index contributed by atoms with van der Waals surface area (Å²) in [6.07, 6.45) is 4.75. The van der Waals surface area contributed by atoms with Crippen molar-refractivity contribution < 1.29 is 9.53 Å². The number of hydrogen-bond acceptors (Lipinski definition) is 3. The van der Waals surface area contributed by atoms with Crippen LogP contribution >= 0.6 is 15.9 Å². The first-order valence-electron chi connectivity index (χ1n) is 7.30. The fourth-order valence-electron chi connectivity index (χ4n) is 2.70. The summed E-state index contributed by atoms with van der Waals surface area (Å²) in [4.78, 5) is 12.3. The van der Waals surface area contributed by atoms with E-state index in [1.165, 1.54) is 18.4 Å². The summed E-state index contributed by atoms with van der Waals surface area (Å²) < 4.78 is 6.19. The lowest BCUT2D eigenvalue weighted by Gasteiger charge is -2.23. The second kappa shape index (κ2) is 7.23. The zero-order valence-electron chi connectivity index (χ0n) is 12.1. The van der Waals surface area contributed by atoms with Crippen LogP contribution in [-0.4, -0.2) is 18.6 Å². The fourth-order valence-corrected chi connectivity index (χ4v) is 3.43. The Labute approximate surface area is 129 Å². The van der Waals surface area contributed by atoms with Crippen molar-refractivity contribution in [3.63, 3.8) is 0 Å². The van der Waals surface area contributed by atoms with E-state index in [0.29, 0.717) is 12.6 Å². The molecule has 0 aromatic heterocycles. The monoisotopic (exact) mass is 339 g/mol. The van der Waals surface area contributed by atoms with Crippen LogP contribution in [0.15, 0.2) is 22.7 Å². The minimum Gasteiger partial charge on any atom is -0.465 e. The van der Waals surface area contributed by atoms with Gasteiger partial charge in [-0.25, -0.2) is 4.79 Å². The van der Waals surface area contributed by atoms with E-state index in [2.05, 4.69) is 21.2 Å². The molecule has 1 aliphatic carbocycles. The number of nitrogens with one attached hydrogen (secondary N) is 1. The number of rotatable bonds is 5. The Morgan fingerprint density at radius 3 is 2.75 bits per heavy atom. The van der Waals surface area contributed by atoms with Crippen LogP contribution < -0.4 is 5.32 Å². The van der Waals surface area contributed by atoms with Crippen LogP contribution in [0.5, 0.6) is 0 Å². The Kier molecular flexibility index (Phi) is 5.61. The van der Waals surface area contributed by atoms with Crippen LogP contribution in [0.4, 0.5) is 0 Å². The molecule has 3 nitrogen and oxygen atoms in total. The van der Waals surface area contributed by atoms with Crippen molar-refractivity contribution in [2.45, 2.75) is 51.6 Å². The van der Waals surface area contributed by atoms with Gasteiger partial charge >= 0.3 is 5.97 Å². The fraction of sp³-hybridized carbons (Fsp3) is 0.562. The molecule has 1 unspecified atom stereocenters. The van der Waals surface area contributed by atoms with Crippen molar-refractivity contribution in [2.24, 2.45) is 0 Å².